The molecule has 35 heavy (non-hydrogen) atoms. The Morgan fingerprint density at radius 1 is 1.20 bits per heavy atom. The Balaban J connectivity index is 1.92. The Morgan fingerprint density at radius 2 is 1.91 bits per heavy atom. The molecule has 1 aliphatic rings. The number of hydrogen-bond donors (Lipinski definition) is 2. The van der Waals surface area contributed by atoms with Crippen molar-refractivity contribution < 1.29 is 14.3 Å². The number of benzene rings is 2. The maximum absolute atomic E-state index is 12.9. The topological polar surface area (TPSA) is 91.2 Å². The van der Waals surface area contributed by atoms with E-state index in [1.54, 1.807) is 49.4 Å². The maximum Gasteiger partial charge on any atom is 0.337 e. The van der Waals surface area contributed by atoms with Gasteiger partial charge in [-0.1, -0.05) is 71.9 Å². The van der Waals surface area contributed by atoms with Gasteiger partial charge in [0.2, 0.25) is 5.91 Å². The number of halogens is 2. The summed E-state index contributed by atoms with van der Waals surface area (Å²) in [5.41, 5.74) is 3.03. The Hall–Kier alpha value is -3.18. The van der Waals surface area contributed by atoms with Crippen LogP contribution in [-0.4, -0.2) is 24.2 Å². The number of nitriles is 1. The number of nitrogens with one attached hydrogen (secondary N) is 2. The van der Waals surface area contributed by atoms with Gasteiger partial charge in [0.05, 0.1) is 33.9 Å². The van der Waals surface area contributed by atoms with Gasteiger partial charge in [0.1, 0.15) is 6.61 Å². The number of rotatable bonds is 8. The first-order valence-corrected chi connectivity index (χ1v) is 12.3. The summed E-state index contributed by atoms with van der Waals surface area (Å²) in [5.74, 6) is -1.57. The van der Waals surface area contributed by atoms with Crippen molar-refractivity contribution in [2.45, 2.75) is 19.8 Å². The highest BCUT2D eigenvalue weighted by molar-refractivity contribution is 8.03. The van der Waals surface area contributed by atoms with Crippen LogP contribution in [0.5, 0.6) is 0 Å². The minimum absolute atomic E-state index is 0.0260. The van der Waals surface area contributed by atoms with Gasteiger partial charge in [0, 0.05) is 21.4 Å². The van der Waals surface area contributed by atoms with E-state index in [1.165, 1.54) is 6.08 Å². The highest BCUT2D eigenvalue weighted by atomic mass is 35.5. The van der Waals surface area contributed by atoms with Crippen molar-refractivity contribution in [3.63, 3.8) is 0 Å². The standard InChI is InChI=1S/C26H23Cl2N3O3S/c1-4-12-34-26(33)23-16(3)30-25(18(13-29)24(23)17-8-5-6-9-20(17)28)35-14-22(32)31-21-11-7-10-19(27)15(21)2/h4-11,24,30H,1,12,14H2,2-3H3,(H,31,32)/t24-/m0/s1. The minimum atomic E-state index is -0.756. The lowest BCUT2D eigenvalue weighted by Gasteiger charge is -2.29. The summed E-state index contributed by atoms with van der Waals surface area (Å²) in [6, 6.07) is 14.5. The van der Waals surface area contributed by atoms with Crippen LogP contribution >= 0.6 is 35.0 Å². The molecule has 0 bridgehead atoms. The zero-order valence-corrected chi connectivity index (χ0v) is 21.5. The van der Waals surface area contributed by atoms with E-state index < -0.39 is 11.9 Å². The van der Waals surface area contributed by atoms with Gasteiger partial charge in [-0.25, -0.2) is 4.79 Å². The maximum atomic E-state index is 12.9. The van der Waals surface area contributed by atoms with Crippen LogP contribution in [-0.2, 0) is 14.3 Å². The van der Waals surface area contributed by atoms with E-state index in [4.69, 9.17) is 27.9 Å². The molecule has 6 nitrogen and oxygen atoms in total. The first-order valence-electron chi connectivity index (χ1n) is 10.6. The number of carbonyl (C=O) groups is 2. The molecule has 3 rings (SSSR count). The predicted octanol–water partition coefficient (Wildman–Crippen LogP) is 6.10. The molecule has 9 heteroatoms. The molecule has 0 aromatic heterocycles. The summed E-state index contributed by atoms with van der Waals surface area (Å²) in [4.78, 5) is 25.6. The fourth-order valence-electron chi connectivity index (χ4n) is 3.60. The number of anilines is 1. The first kappa shape index (κ1) is 26.4. The van der Waals surface area contributed by atoms with Gasteiger partial charge in [-0.2, -0.15) is 5.26 Å². The summed E-state index contributed by atoms with van der Waals surface area (Å²) in [6.45, 7) is 7.14. The van der Waals surface area contributed by atoms with E-state index in [9.17, 15) is 14.9 Å². The molecule has 1 atom stereocenters. The summed E-state index contributed by atoms with van der Waals surface area (Å²) >= 11 is 13.8. The number of hydrogen-bond acceptors (Lipinski definition) is 6. The molecule has 0 spiro atoms. The summed E-state index contributed by atoms with van der Waals surface area (Å²) in [6.07, 6.45) is 1.47. The zero-order valence-electron chi connectivity index (χ0n) is 19.2. The quantitative estimate of drug-likeness (QED) is 0.318. The fourth-order valence-corrected chi connectivity index (χ4v) is 4.91. The number of esters is 1. The molecule has 1 amide bonds. The number of amides is 1. The number of carbonyl (C=O) groups excluding carboxylic acids is 2. The normalized spacial score (nSPS) is 15.2. The molecule has 2 aromatic carbocycles. The second-order valence-electron chi connectivity index (χ2n) is 7.61. The van der Waals surface area contributed by atoms with Crippen LogP contribution in [0.3, 0.4) is 0 Å². The fraction of sp³-hybridized carbons (Fsp3) is 0.192. The SMILES string of the molecule is C=CCOC(=O)C1=C(C)NC(SCC(=O)Nc2cccc(Cl)c2C)=C(C#N)[C@@H]1c1ccccc1Cl. The molecule has 0 fully saturated rings. The molecule has 0 saturated heterocycles. The molecule has 2 N–H and O–H groups in total. The predicted molar refractivity (Wildman–Crippen MR) is 141 cm³/mol. The molecule has 0 aliphatic carbocycles. The number of ether oxygens (including phenoxy) is 1. The third kappa shape index (κ3) is 6.09. The molecular weight excluding hydrogens is 505 g/mol. The van der Waals surface area contributed by atoms with E-state index in [2.05, 4.69) is 23.3 Å². The Morgan fingerprint density at radius 3 is 2.60 bits per heavy atom. The second kappa shape index (κ2) is 12.0. The van der Waals surface area contributed by atoms with Crippen LogP contribution in [0.4, 0.5) is 5.69 Å². The highest BCUT2D eigenvalue weighted by Crippen LogP contribution is 2.43. The molecule has 2 aromatic rings. The molecule has 180 valence electrons. The van der Waals surface area contributed by atoms with E-state index in [0.717, 1.165) is 17.3 Å². The summed E-state index contributed by atoms with van der Waals surface area (Å²) in [7, 11) is 0. The van der Waals surface area contributed by atoms with E-state index in [1.807, 2.05) is 6.92 Å². The molecule has 0 saturated carbocycles. The number of dihydropyridines is 1. The van der Waals surface area contributed by atoms with Crippen molar-refractivity contribution in [2.24, 2.45) is 0 Å². The summed E-state index contributed by atoms with van der Waals surface area (Å²) < 4.78 is 5.29. The Labute approximate surface area is 218 Å². The molecule has 0 unspecified atom stereocenters. The van der Waals surface area contributed by atoms with Crippen molar-refractivity contribution in [3.8, 4) is 6.07 Å². The molecule has 0 radical (unpaired) electrons. The number of thioether (sulfide) groups is 1. The van der Waals surface area contributed by atoms with E-state index >= 15 is 0 Å². The van der Waals surface area contributed by atoms with Crippen molar-refractivity contribution in [3.05, 3.63) is 98.2 Å². The second-order valence-corrected chi connectivity index (χ2v) is 9.41. The average Bonchev–Trinajstić information content (AvgIpc) is 2.84. The number of nitrogens with zero attached hydrogens (tertiary/aromatic N) is 1. The van der Waals surface area contributed by atoms with Crippen LogP contribution in [0.15, 0.2) is 77.0 Å². The monoisotopic (exact) mass is 527 g/mol. The van der Waals surface area contributed by atoms with Gasteiger partial charge in [-0.3, -0.25) is 4.79 Å². The van der Waals surface area contributed by atoms with Crippen molar-refractivity contribution in [2.75, 3.05) is 17.7 Å². The smallest absolute Gasteiger partial charge is 0.337 e. The molecule has 1 heterocycles. The lowest BCUT2D eigenvalue weighted by atomic mass is 9.82. The molecule has 1 aliphatic heterocycles. The molecular formula is C26H23Cl2N3O3S. The minimum Gasteiger partial charge on any atom is -0.458 e. The van der Waals surface area contributed by atoms with Crippen LogP contribution in [0.1, 0.15) is 24.0 Å². The lowest BCUT2D eigenvalue weighted by molar-refractivity contribution is -0.138. The van der Waals surface area contributed by atoms with Crippen LogP contribution in [0, 0.1) is 18.3 Å². The first-order chi connectivity index (χ1) is 16.8. The van der Waals surface area contributed by atoms with Crippen molar-refractivity contribution in [1.29, 1.82) is 5.26 Å². The summed E-state index contributed by atoms with van der Waals surface area (Å²) in [5, 5.41) is 17.5. The Kier molecular flexibility index (Phi) is 9.05. The highest BCUT2D eigenvalue weighted by Gasteiger charge is 2.36. The van der Waals surface area contributed by atoms with Gasteiger partial charge >= 0.3 is 5.97 Å². The van der Waals surface area contributed by atoms with Crippen molar-refractivity contribution >= 4 is 52.5 Å². The van der Waals surface area contributed by atoms with Crippen LogP contribution in [0.25, 0.3) is 0 Å². The lowest BCUT2D eigenvalue weighted by Crippen LogP contribution is -2.29. The third-order valence-electron chi connectivity index (χ3n) is 5.31. The largest absolute Gasteiger partial charge is 0.458 e. The van der Waals surface area contributed by atoms with E-state index in [-0.39, 0.29) is 29.4 Å². The Bertz CT molecular complexity index is 1280. The number of allylic oxidation sites excluding steroid dienone is 2. The van der Waals surface area contributed by atoms with Crippen LogP contribution in [0.2, 0.25) is 10.0 Å². The zero-order chi connectivity index (χ0) is 25.5. The van der Waals surface area contributed by atoms with Gasteiger partial charge < -0.3 is 15.4 Å². The van der Waals surface area contributed by atoms with Gasteiger partial charge in [0.15, 0.2) is 0 Å². The van der Waals surface area contributed by atoms with Gasteiger partial charge in [0.25, 0.3) is 0 Å². The van der Waals surface area contributed by atoms with Crippen molar-refractivity contribution in [1.82, 2.24) is 5.32 Å². The van der Waals surface area contributed by atoms with Crippen LogP contribution < -0.4 is 10.6 Å². The van der Waals surface area contributed by atoms with Gasteiger partial charge in [-0.15, -0.1) is 0 Å². The van der Waals surface area contributed by atoms with Gasteiger partial charge in [-0.05, 0) is 43.2 Å². The third-order valence-corrected chi connectivity index (χ3v) is 7.08. The average molecular weight is 528 g/mol. The van der Waals surface area contributed by atoms with E-state index in [0.29, 0.717) is 32.0 Å².